The predicted octanol–water partition coefficient (Wildman–Crippen LogP) is 5.08. The summed E-state index contributed by atoms with van der Waals surface area (Å²) in [5, 5.41) is 11.1. The summed E-state index contributed by atoms with van der Waals surface area (Å²) in [4.78, 5) is 20.5. The molecule has 1 amide bonds. The molecule has 0 aliphatic heterocycles. The van der Waals surface area contributed by atoms with Crippen LogP contribution >= 0.6 is 0 Å². The first-order valence-corrected chi connectivity index (χ1v) is 10.6. The number of aryl methyl sites for hydroxylation is 1. The van der Waals surface area contributed by atoms with Crippen molar-refractivity contribution in [1.82, 2.24) is 19.6 Å². The molecule has 2 aromatic carbocycles. The highest BCUT2D eigenvalue weighted by Crippen LogP contribution is 2.30. The Hall–Kier alpha value is -4.90. The largest absolute Gasteiger partial charge is 0.455 e. The first-order valence-electron chi connectivity index (χ1n) is 10.6. The van der Waals surface area contributed by atoms with Crippen molar-refractivity contribution in [2.75, 3.05) is 10.6 Å². The van der Waals surface area contributed by atoms with Gasteiger partial charge in [0.15, 0.2) is 0 Å². The van der Waals surface area contributed by atoms with E-state index in [-0.39, 0.29) is 5.91 Å². The molecule has 8 nitrogen and oxygen atoms in total. The summed E-state index contributed by atoms with van der Waals surface area (Å²) < 4.78 is 7.84. The highest BCUT2D eigenvalue weighted by atomic mass is 16.5. The van der Waals surface area contributed by atoms with Crippen molar-refractivity contribution in [2.24, 2.45) is 0 Å². The van der Waals surface area contributed by atoms with Crippen molar-refractivity contribution in [3.63, 3.8) is 0 Å². The van der Waals surface area contributed by atoms with E-state index in [2.05, 4.69) is 37.5 Å². The average molecular weight is 448 g/mol. The van der Waals surface area contributed by atoms with E-state index in [9.17, 15) is 4.79 Å². The number of anilines is 3. The van der Waals surface area contributed by atoms with Crippen LogP contribution in [0.25, 0.3) is 16.4 Å². The molecular weight excluding hydrogens is 428 g/mol. The maximum Gasteiger partial charge on any atom is 0.300 e. The van der Waals surface area contributed by atoms with Crippen molar-refractivity contribution >= 4 is 39.5 Å². The van der Waals surface area contributed by atoms with E-state index in [0.717, 1.165) is 33.4 Å². The standard InChI is InChI=1S/C26H20N6O2/c1-3-4-25(33)30-19-5-9-23-22(14-19)26(28-16-27-23)31-18-6-10-24(17(2)13-18)34-21-8-7-20-11-12-29-32(20)15-21/h5-16H,1-2H3,(H,30,33)(H,27,28,31). The van der Waals surface area contributed by atoms with E-state index in [0.29, 0.717) is 17.3 Å². The highest BCUT2D eigenvalue weighted by molar-refractivity contribution is 6.05. The predicted molar refractivity (Wildman–Crippen MR) is 131 cm³/mol. The molecule has 34 heavy (non-hydrogen) atoms. The van der Waals surface area contributed by atoms with Gasteiger partial charge in [0, 0.05) is 23.0 Å². The Kier molecular flexibility index (Phi) is 5.50. The zero-order chi connectivity index (χ0) is 23.5. The number of hydrogen-bond donors (Lipinski definition) is 2. The van der Waals surface area contributed by atoms with Crippen LogP contribution in [-0.2, 0) is 4.79 Å². The van der Waals surface area contributed by atoms with Crippen LogP contribution in [0.3, 0.4) is 0 Å². The Morgan fingerprint density at radius 3 is 2.76 bits per heavy atom. The number of carbonyl (C=O) groups excluding carboxylic acids is 1. The van der Waals surface area contributed by atoms with Gasteiger partial charge in [-0.25, -0.2) is 14.5 Å². The van der Waals surface area contributed by atoms with Crippen LogP contribution in [0.5, 0.6) is 11.5 Å². The molecular formula is C26H20N6O2. The third kappa shape index (κ3) is 4.36. The zero-order valence-corrected chi connectivity index (χ0v) is 18.5. The fraction of sp³-hybridized carbons (Fsp3) is 0.0769. The first-order chi connectivity index (χ1) is 16.6. The van der Waals surface area contributed by atoms with Gasteiger partial charge >= 0.3 is 0 Å². The second-order valence-electron chi connectivity index (χ2n) is 7.56. The van der Waals surface area contributed by atoms with Crippen LogP contribution in [-0.4, -0.2) is 25.5 Å². The number of benzene rings is 2. The summed E-state index contributed by atoms with van der Waals surface area (Å²) in [7, 11) is 0. The van der Waals surface area contributed by atoms with Crippen molar-refractivity contribution in [2.45, 2.75) is 13.8 Å². The molecule has 0 atom stereocenters. The molecule has 3 aromatic heterocycles. The van der Waals surface area contributed by atoms with E-state index in [1.807, 2.05) is 61.7 Å². The minimum atomic E-state index is -0.369. The number of hydrogen-bond acceptors (Lipinski definition) is 6. The fourth-order valence-corrected chi connectivity index (χ4v) is 3.57. The number of fused-ring (bicyclic) bond motifs is 2. The molecule has 0 aliphatic carbocycles. The third-order valence-corrected chi connectivity index (χ3v) is 5.17. The monoisotopic (exact) mass is 448 g/mol. The van der Waals surface area contributed by atoms with E-state index >= 15 is 0 Å². The van der Waals surface area contributed by atoms with Crippen LogP contribution in [0.2, 0.25) is 0 Å². The maximum atomic E-state index is 11.8. The minimum Gasteiger partial charge on any atom is -0.455 e. The van der Waals surface area contributed by atoms with Crippen LogP contribution in [0.1, 0.15) is 12.5 Å². The number of nitrogens with zero attached hydrogens (tertiary/aromatic N) is 4. The van der Waals surface area contributed by atoms with E-state index < -0.39 is 0 Å². The molecule has 3 heterocycles. The lowest BCUT2D eigenvalue weighted by Gasteiger charge is -2.13. The summed E-state index contributed by atoms with van der Waals surface area (Å²) in [6.45, 7) is 3.60. The Labute approximate surface area is 195 Å². The summed E-state index contributed by atoms with van der Waals surface area (Å²) in [5.41, 5.74) is 4.17. The summed E-state index contributed by atoms with van der Waals surface area (Å²) >= 11 is 0. The summed E-state index contributed by atoms with van der Waals surface area (Å²) in [5.74, 6) is 6.75. The summed E-state index contributed by atoms with van der Waals surface area (Å²) in [6, 6.07) is 17.1. The summed E-state index contributed by atoms with van der Waals surface area (Å²) in [6.07, 6.45) is 5.09. The lowest BCUT2D eigenvalue weighted by molar-refractivity contribution is -0.111. The molecule has 0 aliphatic rings. The SMILES string of the molecule is CC#CC(=O)Nc1ccc2ncnc(Nc3ccc(Oc4ccc5ccnn5c4)c(C)c3)c2c1. The van der Waals surface area contributed by atoms with Crippen molar-refractivity contribution < 1.29 is 9.53 Å². The Balaban J connectivity index is 1.39. The second-order valence-corrected chi connectivity index (χ2v) is 7.56. The van der Waals surface area contributed by atoms with Crippen LogP contribution < -0.4 is 15.4 Å². The van der Waals surface area contributed by atoms with Crippen LogP contribution in [0.15, 0.2) is 73.3 Å². The highest BCUT2D eigenvalue weighted by Gasteiger charge is 2.09. The van der Waals surface area contributed by atoms with Crippen molar-refractivity contribution in [3.8, 4) is 23.3 Å². The van der Waals surface area contributed by atoms with Gasteiger partial charge < -0.3 is 15.4 Å². The lowest BCUT2D eigenvalue weighted by atomic mass is 10.1. The van der Waals surface area contributed by atoms with Gasteiger partial charge in [0.2, 0.25) is 0 Å². The van der Waals surface area contributed by atoms with Crippen LogP contribution in [0.4, 0.5) is 17.2 Å². The molecule has 0 unspecified atom stereocenters. The van der Waals surface area contributed by atoms with Gasteiger partial charge in [-0.1, -0.05) is 5.92 Å². The first kappa shape index (κ1) is 21.0. The average Bonchev–Trinajstić information content (AvgIpc) is 3.29. The van der Waals surface area contributed by atoms with Crippen molar-refractivity contribution in [3.05, 3.63) is 78.9 Å². The van der Waals surface area contributed by atoms with E-state index in [1.54, 1.807) is 23.7 Å². The van der Waals surface area contributed by atoms with Gasteiger partial charge in [0.1, 0.15) is 23.6 Å². The Morgan fingerprint density at radius 2 is 1.91 bits per heavy atom. The van der Waals surface area contributed by atoms with E-state index in [1.165, 1.54) is 6.33 Å². The molecule has 0 saturated heterocycles. The van der Waals surface area contributed by atoms with Gasteiger partial charge in [-0.3, -0.25) is 4.79 Å². The van der Waals surface area contributed by atoms with Gasteiger partial charge in [0.05, 0.1) is 17.2 Å². The van der Waals surface area contributed by atoms with Gasteiger partial charge in [-0.15, -0.1) is 0 Å². The number of ether oxygens (including phenoxy) is 1. The molecule has 0 saturated carbocycles. The Bertz CT molecular complexity index is 1600. The smallest absolute Gasteiger partial charge is 0.300 e. The minimum absolute atomic E-state index is 0.369. The topological polar surface area (TPSA) is 93.4 Å². The van der Waals surface area contributed by atoms with Gasteiger partial charge in [-0.05, 0) is 79.9 Å². The molecule has 0 bridgehead atoms. The number of rotatable bonds is 5. The Morgan fingerprint density at radius 1 is 1.03 bits per heavy atom. The number of pyridine rings is 1. The molecule has 166 valence electrons. The van der Waals surface area contributed by atoms with E-state index in [4.69, 9.17) is 4.74 Å². The van der Waals surface area contributed by atoms with Crippen LogP contribution in [0, 0.1) is 18.8 Å². The van der Waals surface area contributed by atoms with Gasteiger partial charge in [0.25, 0.3) is 5.91 Å². The fourth-order valence-electron chi connectivity index (χ4n) is 3.57. The zero-order valence-electron chi connectivity index (χ0n) is 18.5. The maximum absolute atomic E-state index is 11.8. The third-order valence-electron chi connectivity index (χ3n) is 5.17. The molecule has 5 rings (SSSR count). The molecule has 5 aromatic rings. The quantitative estimate of drug-likeness (QED) is 0.364. The molecule has 2 N–H and O–H groups in total. The molecule has 8 heteroatoms. The number of carbonyl (C=O) groups is 1. The number of amides is 1. The van der Waals surface area contributed by atoms with Crippen molar-refractivity contribution in [1.29, 1.82) is 0 Å². The number of nitrogens with one attached hydrogen (secondary N) is 2. The molecule has 0 spiro atoms. The molecule has 0 radical (unpaired) electrons. The molecule has 0 fully saturated rings. The lowest BCUT2D eigenvalue weighted by Crippen LogP contribution is -2.08. The van der Waals surface area contributed by atoms with Gasteiger partial charge in [-0.2, -0.15) is 5.10 Å². The second kappa shape index (κ2) is 8.92. The number of aromatic nitrogens is 4. The normalized spacial score (nSPS) is 10.5.